The fourth-order valence-electron chi connectivity index (χ4n) is 1.50. The Hall–Kier alpha value is -1.32. The number of carbonyl (C=O) groups excluding carboxylic acids is 1. The zero-order chi connectivity index (χ0) is 15.5. The molecule has 7 nitrogen and oxygen atoms in total. The molecular weight excluding hydrogens is 377 g/mol. The summed E-state index contributed by atoms with van der Waals surface area (Å²) in [4.78, 5) is 27.0. The number of amides is 1. The van der Waals surface area contributed by atoms with Crippen LogP contribution in [0.4, 0.5) is 4.79 Å². The average molecular weight is 395 g/mol. The van der Waals surface area contributed by atoms with Crippen LogP contribution in [0.3, 0.4) is 0 Å². The van der Waals surface area contributed by atoms with Gasteiger partial charge in [0.05, 0.1) is 12.0 Å². The molecule has 20 heavy (non-hydrogen) atoms. The first-order valence-corrected chi connectivity index (χ1v) is 7.06. The third-order valence-electron chi connectivity index (χ3n) is 2.39. The predicted molar refractivity (Wildman–Crippen MR) is 80.4 cm³/mol. The first-order chi connectivity index (χ1) is 9.10. The van der Waals surface area contributed by atoms with Crippen LogP contribution in [0.5, 0.6) is 0 Å². The number of carboxylic acid groups (broad SMARTS) is 1. The van der Waals surface area contributed by atoms with Crippen LogP contribution in [-0.4, -0.2) is 38.4 Å². The van der Waals surface area contributed by atoms with E-state index in [0.717, 1.165) is 5.69 Å². The standard InChI is InChI=1S/C12H18IN3O4/c1-12(2,3)20-11(19)15-7(10(17)18)5-8-9(13)14-6-16(8)4/h6-7H,5H2,1-4H3,(H,15,19)(H,17,18). The van der Waals surface area contributed by atoms with Crippen LogP contribution in [0, 0.1) is 3.70 Å². The van der Waals surface area contributed by atoms with Crippen molar-refractivity contribution in [3.63, 3.8) is 0 Å². The van der Waals surface area contributed by atoms with Gasteiger partial charge in [-0.25, -0.2) is 14.6 Å². The Kier molecular flexibility index (Phi) is 5.37. The SMILES string of the molecule is Cn1cnc(I)c1CC(NC(=O)OC(C)(C)C)C(=O)O. The molecule has 1 heterocycles. The Labute approximate surface area is 130 Å². The summed E-state index contributed by atoms with van der Waals surface area (Å²) in [6.45, 7) is 5.14. The second-order valence-corrected chi connectivity index (χ2v) is 6.36. The van der Waals surface area contributed by atoms with E-state index < -0.39 is 23.7 Å². The molecular formula is C12H18IN3O4. The van der Waals surface area contributed by atoms with Crippen LogP contribution in [0.1, 0.15) is 26.5 Å². The van der Waals surface area contributed by atoms with Crippen molar-refractivity contribution in [2.24, 2.45) is 7.05 Å². The first kappa shape index (κ1) is 16.7. The van der Waals surface area contributed by atoms with Gasteiger partial charge in [0.1, 0.15) is 15.3 Å². The van der Waals surface area contributed by atoms with E-state index in [0.29, 0.717) is 3.70 Å². The van der Waals surface area contributed by atoms with Crippen molar-refractivity contribution in [2.45, 2.75) is 38.8 Å². The Bertz CT molecular complexity index is 488. The molecule has 1 unspecified atom stereocenters. The molecule has 0 aliphatic rings. The molecule has 1 aromatic rings. The van der Waals surface area contributed by atoms with Gasteiger partial charge >= 0.3 is 12.1 Å². The number of hydrogen-bond donors (Lipinski definition) is 2. The summed E-state index contributed by atoms with van der Waals surface area (Å²) in [6, 6.07) is -1.06. The van der Waals surface area contributed by atoms with Crippen LogP contribution in [0.25, 0.3) is 0 Å². The smallest absolute Gasteiger partial charge is 0.408 e. The van der Waals surface area contributed by atoms with Crippen LogP contribution in [-0.2, 0) is 23.0 Å². The lowest BCUT2D eigenvalue weighted by molar-refractivity contribution is -0.139. The summed E-state index contributed by atoms with van der Waals surface area (Å²) in [5.74, 6) is -1.12. The Morgan fingerprint density at radius 1 is 1.55 bits per heavy atom. The number of carbonyl (C=O) groups is 2. The third-order valence-corrected chi connectivity index (χ3v) is 3.30. The van der Waals surface area contributed by atoms with Crippen LogP contribution in [0.2, 0.25) is 0 Å². The maximum Gasteiger partial charge on any atom is 0.408 e. The number of rotatable bonds is 4. The minimum atomic E-state index is -1.12. The number of aryl methyl sites for hydroxylation is 1. The molecule has 0 saturated carbocycles. The summed E-state index contributed by atoms with van der Waals surface area (Å²) in [7, 11) is 1.77. The molecule has 1 rings (SSSR count). The number of imidazole rings is 1. The number of alkyl carbamates (subject to hydrolysis) is 1. The number of carboxylic acids is 1. The molecule has 0 aliphatic carbocycles. The molecule has 0 fully saturated rings. The van der Waals surface area contributed by atoms with Gasteiger partial charge in [-0.1, -0.05) is 0 Å². The first-order valence-electron chi connectivity index (χ1n) is 5.98. The van der Waals surface area contributed by atoms with Crippen molar-refractivity contribution in [2.75, 3.05) is 0 Å². The zero-order valence-corrected chi connectivity index (χ0v) is 14.0. The number of aliphatic carboxylic acids is 1. The summed E-state index contributed by atoms with van der Waals surface area (Å²) < 4.78 is 7.50. The van der Waals surface area contributed by atoms with Gasteiger partial charge in [0.25, 0.3) is 0 Å². The third kappa shape index (κ3) is 4.99. The van der Waals surface area contributed by atoms with Gasteiger partial charge in [-0.3, -0.25) is 0 Å². The highest BCUT2D eigenvalue weighted by Crippen LogP contribution is 2.12. The highest BCUT2D eigenvalue weighted by Gasteiger charge is 2.26. The molecule has 112 valence electrons. The molecule has 0 spiro atoms. The largest absolute Gasteiger partial charge is 0.480 e. The Morgan fingerprint density at radius 3 is 2.55 bits per heavy atom. The molecule has 0 bridgehead atoms. The summed E-state index contributed by atoms with van der Waals surface area (Å²) in [6.07, 6.45) is 0.995. The van der Waals surface area contributed by atoms with E-state index in [1.165, 1.54) is 0 Å². The topological polar surface area (TPSA) is 93.5 Å². The summed E-state index contributed by atoms with van der Waals surface area (Å²) >= 11 is 2.02. The fraction of sp³-hybridized carbons (Fsp3) is 0.583. The monoisotopic (exact) mass is 395 g/mol. The highest BCUT2D eigenvalue weighted by atomic mass is 127. The van der Waals surface area contributed by atoms with Crippen LogP contribution < -0.4 is 5.32 Å². The average Bonchev–Trinajstić information content (AvgIpc) is 2.56. The molecule has 1 aromatic heterocycles. The quantitative estimate of drug-likeness (QED) is 0.755. The van der Waals surface area contributed by atoms with Crippen molar-refractivity contribution >= 4 is 34.7 Å². The van der Waals surface area contributed by atoms with Crippen molar-refractivity contribution in [1.29, 1.82) is 0 Å². The van der Waals surface area contributed by atoms with Crippen molar-refractivity contribution in [3.8, 4) is 0 Å². The van der Waals surface area contributed by atoms with Crippen LogP contribution in [0.15, 0.2) is 6.33 Å². The van der Waals surface area contributed by atoms with Gasteiger partial charge in [-0.2, -0.15) is 0 Å². The summed E-state index contributed by atoms with van der Waals surface area (Å²) in [5, 5.41) is 11.6. The van der Waals surface area contributed by atoms with Crippen molar-refractivity contribution in [3.05, 3.63) is 15.7 Å². The fourth-order valence-corrected chi connectivity index (χ4v) is 2.22. The zero-order valence-electron chi connectivity index (χ0n) is 11.8. The highest BCUT2D eigenvalue weighted by molar-refractivity contribution is 14.1. The lowest BCUT2D eigenvalue weighted by Crippen LogP contribution is -2.45. The van der Waals surface area contributed by atoms with E-state index in [4.69, 9.17) is 4.74 Å². The van der Waals surface area contributed by atoms with Gasteiger partial charge in [0.15, 0.2) is 0 Å². The number of nitrogens with one attached hydrogen (secondary N) is 1. The molecule has 2 N–H and O–H groups in total. The van der Waals surface area contributed by atoms with Crippen LogP contribution >= 0.6 is 22.6 Å². The molecule has 8 heteroatoms. The minimum Gasteiger partial charge on any atom is -0.480 e. The number of hydrogen-bond acceptors (Lipinski definition) is 4. The number of nitrogens with zero attached hydrogens (tertiary/aromatic N) is 2. The maximum absolute atomic E-state index is 11.7. The second-order valence-electron chi connectivity index (χ2n) is 5.33. The van der Waals surface area contributed by atoms with Gasteiger partial charge in [-0.05, 0) is 43.4 Å². The minimum absolute atomic E-state index is 0.142. The Morgan fingerprint density at radius 2 is 2.15 bits per heavy atom. The van der Waals surface area contributed by atoms with E-state index >= 15 is 0 Å². The molecule has 0 aromatic carbocycles. The van der Waals surface area contributed by atoms with Gasteiger partial charge in [-0.15, -0.1) is 0 Å². The van der Waals surface area contributed by atoms with Gasteiger partial charge in [0, 0.05) is 13.5 Å². The molecule has 1 amide bonds. The molecule has 0 saturated heterocycles. The normalized spacial score (nSPS) is 12.8. The maximum atomic E-state index is 11.7. The summed E-state index contributed by atoms with van der Waals surface area (Å²) in [5.41, 5.74) is 0.0720. The molecule has 0 aliphatic heterocycles. The number of aromatic nitrogens is 2. The van der Waals surface area contributed by atoms with E-state index in [1.54, 1.807) is 38.7 Å². The lowest BCUT2D eigenvalue weighted by atomic mass is 10.1. The Balaban J connectivity index is 2.76. The number of ether oxygens (including phenoxy) is 1. The number of halogens is 1. The van der Waals surface area contributed by atoms with Gasteiger partial charge in [0.2, 0.25) is 0 Å². The van der Waals surface area contributed by atoms with Gasteiger partial charge < -0.3 is 19.7 Å². The lowest BCUT2D eigenvalue weighted by Gasteiger charge is -2.22. The van der Waals surface area contributed by atoms with E-state index in [9.17, 15) is 14.7 Å². The van der Waals surface area contributed by atoms with Crippen molar-refractivity contribution < 1.29 is 19.4 Å². The van der Waals surface area contributed by atoms with E-state index in [2.05, 4.69) is 10.3 Å². The second kappa shape index (κ2) is 6.42. The molecule has 1 atom stereocenters. The van der Waals surface area contributed by atoms with Crippen molar-refractivity contribution in [1.82, 2.24) is 14.9 Å². The predicted octanol–water partition coefficient (Wildman–Crippen LogP) is 1.55. The van der Waals surface area contributed by atoms with E-state index in [-0.39, 0.29) is 6.42 Å². The molecule has 0 radical (unpaired) electrons. The van der Waals surface area contributed by atoms with E-state index in [1.807, 2.05) is 22.6 Å².